The molecular formula is C8H7ClN4. The molecule has 0 aliphatic rings. The van der Waals surface area contributed by atoms with Gasteiger partial charge in [-0.2, -0.15) is 0 Å². The van der Waals surface area contributed by atoms with E-state index >= 15 is 0 Å². The van der Waals surface area contributed by atoms with Gasteiger partial charge in [-0.25, -0.2) is 4.68 Å². The van der Waals surface area contributed by atoms with Crippen molar-refractivity contribution in [1.82, 2.24) is 20.2 Å². The molecule has 0 radical (unpaired) electrons. The Morgan fingerprint density at radius 3 is 2.92 bits per heavy atom. The van der Waals surface area contributed by atoms with E-state index in [4.69, 9.17) is 11.6 Å². The van der Waals surface area contributed by atoms with Gasteiger partial charge in [0, 0.05) is 5.02 Å². The van der Waals surface area contributed by atoms with Crippen LogP contribution >= 0.6 is 11.6 Å². The molecule has 0 saturated carbocycles. The lowest BCUT2D eigenvalue weighted by molar-refractivity contribution is 0.785. The molecule has 0 N–H and O–H groups in total. The van der Waals surface area contributed by atoms with Gasteiger partial charge < -0.3 is 0 Å². The minimum Gasteiger partial charge on any atom is -0.200 e. The zero-order valence-electron chi connectivity index (χ0n) is 6.98. The third-order valence-electron chi connectivity index (χ3n) is 1.77. The first-order chi connectivity index (χ1) is 6.27. The molecule has 4 nitrogen and oxygen atoms in total. The standard InChI is InChI=1S/C8H7ClN4/c1-6-2-3-7(9)4-8(6)13-5-10-11-12-13/h2-5H,1H3. The maximum atomic E-state index is 5.85. The average Bonchev–Trinajstić information content (AvgIpc) is 2.61. The van der Waals surface area contributed by atoms with Crippen LogP contribution in [0.1, 0.15) is 5.56 Å². The monoisotopic (exact) mass is 194 g/mol. The number of nitrogens with zero attached hydrogens (tertiary/aromatic N) is 4. The van der Waals surface area contributed by atoms with Crippen molar-refractivity contribution in [3.05, 3.63) is 35.1 Å². The first-order valence-corrected chi connectivity index (χ1v) is 4.14. The number of halogens is 1. The molecule has 1 aromatic heterocycles. The summed E-state index contributed by atoms with van der Waals surface area (Å²) in [6, 6.07) is 5.59. The summed E-state index contributed by atoms with van der Waals surface area (Å²) in [6.45, 7) is 1.98. The van der Waals surface area contributed by atoms with Gasteiger partial charge >= 0.3 is 0 Å². The fraction of sp³-hybridized carbons (Fsp3) is 0.125. The van der Waals surface area contributed by atoms with Crippen molar-refractivity contribution < 1.29 is 0 Å². The molecule has 0 bridgehead atoms. The lowest BCUT2D eigenvalue weighted by Gasteiger charge is -2.03. The smallest absolute Gasteiger partial charge is 0.143 e. The maximum Gasteiger partial charge on any atom is 0.143 e. The highest BCUT2D eigenvalue weighted by Gasteiger charge is 2.02. The Labute approximate surface area is 80.1 Å². The van der Waals surface area contributed by atoms with Crippen molar-refractivity contribution in [3.63, 3.8) is 0 Å². The molecule has 2 rings (SSSR count). The Balaban J connectivity index is 2.57. The van der Waals surface area contributed by atoms with Crippen LogP contribution in [0.15, 0.2) is 24.5 Å². The van der Waals surface area contributed by atoms with Crippen LogP contribution in [-0.2, 0) is 0 Å². The van der Waals surface area contributed by atoms with Crippen molar-refractivity contribution >= 4 is 11.6 Å². The summed E-state index contributed by atoms with van der Waals surface area (Å²) in [5.74, 6) is 0. The molecule has 2 aromatic rings. The van der Waals surface area contributed by atoms with Crippen molar-refractivity contribution in [2.24, 2.45) is 0 Å². The van der Waals surface area contributed by atoms with Gasteiger partial charge in [0.05, 0.1) is 5.69 Å². The molecule has 13 heavy (non-hydrogen) atoms. The van der Waals surface area contributed by atoms with Crippen LogP contribution in [-0.4, -0.2) is 20.2 Å². The normalized spacial score (nSPS) is 10.3. The first kappa shape index (κ1) is 8.19. The highest BCUT2D eigenvalue weighted by Crippen LogP contribution is 2.17. The van der Waals surface area contributed by atoms with Gasteiger partial charge in [0.2, 0.25) is 0 Å². The summed E-state index contributed by atoms with van der Waals surface area (Å²) in [6.07, 6.45) is 1.54. The first-order valence-electron chi connectivity index (χ1n) is 3.77. The number of rotatable bonds is 1. The number of hydrogen-bond donors (Lipinski definition) is 0. The Bertz CT molecular complexity index is 410. The van der Waals surface area contributed by atoms with E-state index in [0.29, 0.717) is 5.02 Å². The highest BCUT2D eigenvalue weighted by atomic mass is 35.5. The molecule has 0 saturated heterocycles. The highest BCUT2D eigenvalue weighted by molar-refractivity contribution is 6.30. The lowest BCUT2D eigenvalue weighted by atomic mass is 10.2. The molecule has 0 unspecified atom stereocenters. The second-order valence-electron chi connectivity index (χ2n) is 2.69. The topological polar surface area (TPSA) is 43.6 Å². The third-order valence-corrected chi connectivity index (χ3v) is 2.00. The molecule has 1 aromatic carbocycles. The van der Waals surface area contributed by atoms with Crippen molar-refractivity contribution in [2.75, 3.05) is 0 Å². The average molecular weight is 195 g/mol. The van der Waals surface area contributed by atoms with Crippen LogP contribution in [0.3, 0.4) is 0 Å². The molecular weight excluding hydrogens is 188 g/mol. The Kier molecular flexibility index (Phi) is 1.98. The van der Waals surface area contributed by atoms with Crippen molar-refractivity contribution in [1.29, 1.82) is 0 Å². The number of aromatic nitrogens is 4. The Hall–Kier alpha value is -1.42. The fourth-order valence-electron chi connectivity index (χ4n) is 1.10. The number of aryl methyl sites for hydroxylation is 1. The minimum absolute atomic E-state index is 0.677. The van der Waals surface area contributed by atoms with Gasteiger partial charge in [-0.15, -0.1) is 5.10 Å². The van der Waals surface area contributed by atoms with Gasteiger partial charge in [0.15, 0.2) is 0 Å². The summed E-state index contributed by atoms with van der Waals surface area (Å²) >= 11 is 5.85. The van der Waals surface area contributed by atoms with E-state index in [9.17, 15) is 0 Å². The van der Waals surface area contributed by atoms with E-state index < -0.39 is 0 Å². The summed E-state index contributed by atoms with van der Waals surface area (Å²) in [5, 5.41) is 11.6. The zero-order valence-corrected chi connectivity index (χ0v) is 7.73. The fourth-order valence-corrected chi connectivity index (χ4v) is 1.27. The molecule has 66 valence electrons. The second kappa shape index (κ2) is 3.14. The summed E-state index contributed by atoms with van der Waals surface area (Å²) in [4.78, 5) is 0. The number of hydrogen-bond acceptors (Lipinski definition) is 3. The molecule has 5 heteroatoms. The van der Waals surface area contributed by atoms with Crippen LogP contribution in [0.25, 0.3) is 5.69 Å². The van der Waals surface area contributed by atoms with Crippen LogP contribution in [0.2, 0.25) is 5.02 Å². The molecule has 0 aliphatic heterocycles. The SMILES string of the molecule is Cc1ccc(Cl)cc1-n1cnnn1. The van der Waals surface area contributed by atoms with E-state index in [1.807, 2.05) is 25.1 Å². The van der Waals surface area contributed by atoms with E-state index in [2.05, 4.69) is 15.5 Å². The minimum atomic E-state index is 0.677. The maximum absolute atomic E-state index is 5.85. The van der Waals surface area contributed by atoms with Crippen LogP contribution in [0, 0.1) is 6.92 Å². The van der Waals surface area contributed by atoms with Gasteiger partial charge in [0.25, 0.3) is 0 Å². The Morgan fingerprint density at radius 2 is 2.23 bits per heavy atom. The number of tetrazole rings is 1. The molecule has 0 fully saturated rings. The molecule has 1 heterocycles. The van der Waals surface area contributed by atoms with E-state index in [1.54, 1.807) is 11.0 Å². The lowest BCUT2D eigenvalue weighted by Crippen LogP contribution is -1.97. The van der Waals surface area contributed by atoms with Crippen molar-refractivity contribution in [2.45, 2.75) is 6.92 Å². The van der Waals surface area contributed by atoms with E-state index in [1.165, 1.54) is 0 Å². The van der Waals surface area contributed by atoms with E-state index in [0.717, 1.165) is 11.3 Å². The molecule has 0 atom stereocenters. The quantitative estimate of drug-likeness (QED) is 0.693. The Morgan fingerprint density at radius 1 is 1.38 bits per heavy atom. The predicted molar refractivity (Wildman–Crippen MR) is 48.9 cm³/mol. The van der Waals surface area contributed by atoms with Crippen LogP contribution < -0.4 is 0 Å². The summed E-state index contributed by atoms with van der Waals surface area (Å²) < 4.78 is 1.58. The van der Waals surface area contributed by atoms with E-state index in [-0.39, 0.29) is 0 Å². The van der Waals surface area contributed by atoms with Crippen LogP contribution in [0.4, 0.5) is 0 Å². The predicted octanol–water partition coefficient (Wildman–Crippen LogP) is 1.62. The largest absolute Gasteiger partial charge is 0.200 e. The molecule has 0 aliphatic carbocycles. The van der Waals surface area contributed by atoms with Crippen molar-refractivity contribution in [3.8, 4) is 5.69 Å². The number of benzene rings is 1. The summed E-state index contributed by atoms with van der Waals surface area (Å²) in [5.41, 5.74) is 1.98. The molecule has 0 spiro atoms. The van der Waals surface area contributed by atoms with Gasteiger partial charge in [0.1, 0.15) is 6.33 Å². The second-order valence-corrected chi connectivity index (χ2v) is 3.12. The van der Waals surface area contributed by atoms with Gasteiger partial charge in [-0.1, -0.05) is 17.7 Å². The zero-order chi connectivity index (χ0) is 9.26. The molecule has 0 amide bonds. The van der Waals surface area contributed by atoms with Gasteiger partial charge in [-0.3, -0.25) is 0 Å². The third kappa shape index (κ3) is 1.53. The van der Waals surface area contributed by atoms with Gasteiger partial charge in [-0.05, 0) is 35.0 Å². The van der Waals surface area contributed by atoms with Crippen LogP contribution in [0.5, 0.6) is 0 Å². The summed E-state index contributed by atoms with van der Waals surface area (Å²) in [7, 11) is 0.